The fraction of sp³-hybridized carbons (Fsp3) is 0.500. The van der Waals surface area contributed by atoms with Gasteiger partial charge in [-0.05, 0) is 25.1 Å². The second-order valence-electron chi connectivity index (χ2n) is 5.00. The zero-order valence-electron chi connectivity index (χ0n) is 11.4. The number of hydrogen-bond donors (Lipinski definition) is 1. The van der Waals surface area contributed by atoms with Crippen LogP contribution in [-0.2, 0) is 10.9 Å². The Kier molecular flexibility index (Phi) is 4.40. The molecule has 1 N–H and O–H groups in total. The molecule has 1 heterocycles. The maximum absolute atomic E-state index is 12.8. The SMILES string of the molecule is CC1CN(c2ccc(C(F)(F)F)c(C#N)c2)CC(CO)O1. The summed E-state index contributed by atoms with van der Waals surface area (Å²) < 4.78 is 43.8. The molecule has 0 radical (unpaired) electrons. The van der Waals surface area contributed by atoms with Gasteiger partial charge >= 0.3 is 6.18 Å². The molecule has 1 aromatic carbocycles. The normalized spacial score (nSPS) is 23.0. The monoisotopic (exact) mass is 300 g/mol. The number of morpholine rings is 1. The first-order valence-electron chi connectivity index (χ1n) is 6.47. The van der Waals surface area contributed by atoms with Crippen LogP contribution in [0.2, 0.25) is 0 Å². The van der Waals surface area contributed by atoms with Gasteiger partial charge in [-0.1, -0.05) is 0 Å². The summed E-state index contributed by atoms with van der Waals surface area (Å²) in [5, 5.41) is 18.1. The number of nitrogens with zero attached hydrogens (tertiary/aromatic N) is 2. The Morgan fingerprint density at radius 2 is 2.14 bits per heavy atom. The highest BCUT2D eigenvalue weighted by Crippen LogP contribution is 2.34. The van der Waals surface area contributed by atoms with Crippen LogP contribution in [0.1, 0.15) is 18.1 Å². The van der Waals surface area contributed by atoms with Gasteiger partial charge in [-0.2, -0.15) is 18.4 Å². The maximum Gasteiger partial charge on any atom is 0.417 e. The van der Waals surface area contributed by atoms with Gasteiger partial charge < -0.3 is 14.7 Å². The van der Waals surface area contributed by atoms with Gasteiger partial charge in [-0.3, -0.25) is 0 Å². The number of hydrogen-bond acceptors (Lipinski definition) is 4. The van der Waals surface area contributed by atoms with E-state index in [0.29, 0.717) is 18.8 Å². The van der Waals surface area contributed by atoms with E-state index < -0.39 is 17.3 Å². The number of halogens is 3. The molecular weight excluding hydrogens is 285 g/mol. The molecule has 0 amide bonds. The first kappa shape index (κ1) is 15.6. The van der Waals surface area contributed by atoms with Crippen molar-refractivity contribution in [1.29, 1.82) is 5.26 Å². The van der Waals surface area contributed by atoms with Crippen LogP contribution in [0.5, 0.6) is 0 Å². The number of anilines is 1. The molecule has 0 spiro atoms. The summed E-state index contributed by atoms with van der Waals surface area (Å²) in [4.78, 5) is 1.82. The minimum Gasteiger partial charge on any atom is -0.394 e. The Bertz CT molecular complexity index is 554. The van der Waals surface area contributed by atoms with Crippen LogP contribution in [0.4, 0.5) is 18.9 Å². The quantitative estimate of drug-likeness (QED) is 0.909. The third-order valence-corrected chi connectivity index (χ3v) is 3.32. The molecule has 0 bridgehead atoms. The van der Waals surface area contributed by atoms with Gasteiger partial charge in [0.1, 0.15) is 0 Å². The Morgan fingerprint density at radius 3 is 2.71 bits per heavy atom. The summed E-state index contributed by atoms with van der Waals surface area (Å²) in [6.45, 7) is 2.53. The highest BCUT2D eigenvalue weighted by molar-refractivity contribution is 5.55. The zero-order chi connectivity index (χ0) is 15.6. The van der Waals surface area contributed by atoms with E-state index in [4.69, 9.17) is 10.00 Å². The number of alkyl halides is 3. The fourth-order valence-electron chi connectivity index (χ4n) is 2.43. The van der Waals surface area contributed by atoms with Crippen LogP contribution in [0.3, 0.4) is 0 Å². The number of benzene rings is 1. The summed E-state index contributed by atoms with van der Waals surface area (Å²) in [7, 11) is 0. The molecule has 4 nitrogen and oxygen atoms in total. The molecule has 1 aliphatic rings. The fourth-order valence-corrected chi connectivity index (χ4v) is 2.43. The van der Waals surface area contributed by atoms with Crippen molar-refractivity contribution in [3.63, 3.8) is 0 Å². The molecule has 2 rings (SSSR count). The van der Waals surface area contributed by atoms with Crippen molar-refractivity contribution in [3.8, 4) is 6.07 Å². The van der Waals surface area contributed by atoms with Gasteiger partial charge in [0.05, 0.1) is 36.0 Å². The van der Waals surface area contributed by atoms with E-state index >= 15 is 0 Å². The van der Waals surface area contributed by atoms with Crippen molar-refractivity contribution in [1.82, 2.24) is 0 Å². The van der Waals surface area contributed by atoms with Crippen LogP contribution in [-0.4, -0.2) is 37.0 Å². The lowest BCUT2D eigenvalue weighted by atomic mass is 10.1. The van der Waals surface area contributed by atoms with E-state index in [9.17, 15) is 18.3 Å². The number of aliphatic hydroxyl groups excluding tert-OH is 1. The van der Waals surface area contributed by atoms with Gasteiger partial charge in [0.15, 0.2) is 0 Å². The standard InChI is InChI=1S/C14H15F3N2O2/c1-9-6-19(7-12(8-20)21-9)11-2-3-13(14(15,16)17)10(4-11)5-18/h2-4,9,12,20H,6-8H2,1H3. The van der Waals surface area contributed by atoms with E-state index in [1.165, 1.54) is 12.1 Å². The number of aliphatic hydroxyl groups is 1. The molecule has 0 aliphatic carbocycles. The van der Waals surface area contributed by atoms with Crippen LogP contribution >= 0.6 is 0 Å². The van der Waals surface area contributed by atoms with Crippen molar-refractivity contribution >= 4 is 5.69 Å². The zero-order valence-corrected chi connectivity index (χ0v) is 11.4. The van der Waals surface area contributed by atoms with Crippen LogP contribution in [0, 0.1) is 11.3 Å². The second kappa shape index (κ2) is 5.92. The highest BCUT2D eigenvalue weighted by Gasteiger charge is 2.34. The van der Waals surface area contributed by atoms with Gasteiger partial charge in [0.25, 0.3) is 0 Å². The van der Waals surface area contributed by atoms with Crippen molar-refractivity contribution in [2.45, 2.75) is 25.3 Å². The molecule has 0 aromatic heterocycles. The number of nitriles is 1. The highest BCUT2D eigenvalue weighted by atomic mass is 19.4. The lowest BCUT2D eigenvalue weighted by Gasteiger charge is -2.37. The first-order valence-corrected chi connectivity index (χ1v) is 6.47. The third-order valence-electron chi connectivity index (χ3n) is 3.32. The average Bonchev–Trinajstić information content (AvgIpc) is 2.44. The van der Waals surface area contributed by atoms with E-state index in [1.807, 2.05) is 11.8 Å². The smallest absolute Gasteiger partial charge is 0.394 e. The van der Waals surface area contributed by atoms with Crippen LogP contribution < -0.4 is 4.90 Å². The molecule has 1 aromatic rings. The first-order chi connectivity index (χ1) is 9.85. The van der Waals surface area contributed by atoms with E-state index in [2.05, 4.69) is 0 Å². The molecule has 1 aliphatic heterocycles. The lowest BCUT2D eigenvalue weighted by Crippen LogP contribution is -2.48. The predicted molar refractivity (Wildman–Crippen MR) is 69.8 cm³/mol. The summed E-state index contributed by atoms with van der Waals surface area (Å²) in [5.41, 5.74) is -0.818. The van der Waals surface area contributed by atoms with Gasteiger partial charge in [-0.25, -0.2) is 0 Å². The Morgan fingerprint density at radius 1 is 1.43 bits per heavy atom. The van der Waals surface area contributed by atoms with Crippen molar-refractivity contribution in [3.05, 3.63) is 29.3 Å². The Balaban J connectivity index is 2.31. The maximum atomic E-state index is 12.8. The van der Waals surface area contributed by atoms with Crippen LogP contribution in [0.15, 0.2) is 18.2 Å². The Hall–Kier alpha value is -1.78. The minimum atomic E-state index is -4.55. The van der Waals surface area contributed by atoms with Gasteiger partial charge in [0.2, 0.25) is 0 Å². The number of ether oxygens (including phenoxy) is 1. The second-order valence-corrected chi connectivity index (χ2v) is 5.00. The topological polar surface area (TPSA) is 56.5 Å². The summed E-state index contributed by atoms with van der Waals surface area (Å²) in [6, 6.07) is 5.08. The molecule has 1 saturated heterocycles. The third kappa shape index (κ3) is 3.46. The molecule has 0 saturated carbocycles. The van der Waals surface area contributed by atoms with E-state index in [1.54, 1.807) is 6.07 Å². The summed E-state index contributed by atoms with van der Waals surface area (Å²) in [6.07, 6.45) is -5.08. The van der Waals surface area contributed by atoms with Gasteiger partial charge in [0, 0.05) is 18.8 Å². The predicted octanol–water partition coefficient (Wildman–Crippen LogP) is 2.16. The largest absolute Gasteiger partial charge is 0.417 e. The molecular formula is C14H15F3N2O2. The average molecular weight is 300 g/mol. The number of rotatable bonds is 2. The minimum absolute atomic E-state index is 0.149. The van der Waals surface area contributed by atoms with Crippen LogP contribution in [0.25, 0.3) is 0 Å². The molecule has 114 valence electrons. The molecule has 2 atom stereocenters. The van der Waals surface area contributed by atoms with Gasteiger partial charge in [-0.15, -0.1) is 0 Å². The lowest BCUT2D eigenvalue weighted by molar-refractivity contribution is -0.137. The van der Waals surface area contributed by atoms with Crippen molar-refractivity contribution in [2.24, 2.45) is 0 Å². The molecule has 1 fully saturated rings. The summed E-state index contributed by atoms with van der Waals surface area (Å²) in [5.74, 6) is 0. The van der Waals surface area contributed by atoms with E-state index in [0.717, 1.165) is 6.07 Å². The molecule has 2 unspecified atom stereocenters. The molecule has 21 heavy (non-hydrogen) atoms. The Labute approximate surface area is 120 Å². The van der Waals surface area contributed by atoms with Crippen molar-refractivity contribution in [2.75, 3.05) is 24.6 Å². The van der Waals surface area contributed by atoms with Crippen molar-refractivity contribution < 1.29 is 23.0 Å². The molecule has 7 heteroatoms. The summed E-state index contributed by atoms with van der Waals surface area (Å²) >= 11 is 0. The van der Waals surface area contributed by atoms with E-state index in [-0.39, 0.29) is 18.8 Å².